The van der Waals surface area contributed by atoms with Gasteiger partial charge in [-0.05, 0) is 24.3 Å². The van der Waals surface area contributed by atoms with Crippen LogP contribution in [0, 0.1) is 0 Å². The molecule has 1 atom stereocenters. The molecule has 0 saturated carbocycles. The number of thiazole rings is 1. The summed E-state index contributed by atoms with van der Waals surface area (Å²) in [7, 11) is 0. The molecule has 1 unspecified atom stereocenters. The Hall–Kier alpha value is -3.06. The van der Waals surface area contributed by atoms with E-state index in [9.17, 15) is 4.79 Å². The van der Waals surface area contributed by atoms with E-state index in [4.69, 9.17) is 14.2 Å². The predicted molar refractivity (Wildman–Crippen MR) is 96.9 cm³/mol. The number of nitrogens with one attached hydrogen (secondary N) is 1. The first-order valence-corrected chi connectivity index (χ1v) is 9.01. The first kappa shape index (κ1) is 15.2. The lowest BCUT2D eigenvalue weighted by atomic mass is 10.1. The maximum absolute atomic E-state index is 12.6. The molecule has 0 aliphatic carbocycles. The second kappa shape index (κ2) is 6.03. The Bertz CT molecular complexity index is 1000. The van der Waals surface area contributed by atoms with E-state index < -0.39 is 6.10 Å². The molecule has 0 saturated heterocycles. The van der Waals surface area contributed by atoms with Crippen molar-refractivity contribution in [2.24, 2.45) is 0 Å². The zero-order valence-corrected chi connectivity index (χ0v) is 14.4. The molecule has 1 amide bonds. The van der Waals surface area contributed by atoms with Gasteiger partial charge in [-0.2, -0.15) is 0 Å². The Morgan fingerprint density at radius 3 is 2.69 bits per heavy atom. The number of fused-ring (bicyclic) bond motifs is 4. The SMILES string of the molecule is O=C(Nc1nc2c(s1)COc1ccccc1-2)C1COc2ccccc2O1. The highest BCUT2D eigenvalue weighted by Gasteiger charge is 2.29. The Kier molecular flexibility index (Phi) is 3.53. The number of nitrogens with zero attached hydrogens (tertiary/aromatic N) is 1. The summed E-state index contributed by atoms with van der Waals surface area (Å²) >= 11 is 1.41. The van der Waals surface area contributed by atoms with Crippen LogP contribution in [0.4, 0.5) is 5.13 Å². The van der Waals surface area contributed by atoms with Crippen molar-refractivity contribution in [1.29, 1.82) is 0 Å². The molecule has 5 rings (SSSR count). The number of amides is 1. The Morgan fingerprint density at radius 2 is 1.81 bits per heavy atom. The van der Waals surface area contributed by atoms with E-state index in [0.29, 0.717) is 23.2 Å². The molecule has 0 fully saturated rings. The van der Waals surface area contributed by atoms with Crippen LogP contribution < -0.4 is 19.5 Å². The fourth-order valence-electron chi connectivity index (χ4n) is 2.98. The number of rotatable bonds is 2. The van der Waals surface area contributed by atoms with Crippen molar-refractivity contribution in [3.63, 3.8) is 0 Å². The fourth-order valence-corrected chi connectivity index (χ4v) is 3.87. The number of hydrogen-bond donors (Lipinski definition) is 1. The van der Waals surface area contributed by atoms with Gasteiger partial charge < -0.3 is 14.2 Å². The maximum atomic E-state index is 12.6. The monoisotopic (exact) mass is 366 g/mol. The van der Waals surface area contributed by atoms with Gasteiger partial charge in [0.1, 0.15) is 19.0 Å². The van der Waals surface area contributed by atoms with Crippen LogP contribution in [0.1, 0.15) is 4.88 Å². The van der Waals surface area contributed by atoms with E-state index in [-0.39, 0.29) is 12.5 Å². The van der Waals surface area contributed by atoms with Crippen LogP contribution in [-0.2, 0) is 11.4 Å². The summed E-state index contributed by atoms with van der Waals surface area (Å²) in [4.78, 5) is 18.1. The molecule has 130 valence electrons. The zero-order valence-electron chi connectivity index (χ0n) is 13.6. The van der Waals surface area contributed by atoms with Crippen LogP contribution in [0.2, 0.25) is 0 Å². The van der Waals surface area contributed by atoms with Gasteiger partial charge in [-0.25, -0.2) is 4.98 Å². The molecule has 1 aromatic heterocycles. The van der Waals surface area contributed by atoms with E-state index in [2.05, 4.69) is 10.3 Å². The van der Waals surface area contributed by atoms with Crippen molar-refractivity contribution in [3.8, 4) is 28.5 Å². The van der Waals surface area contributed by atoms with Gasteiger partial charge in [-0.15, -0.1) is 0 Å². The minimum Gasteiger partial charge on any atom is -0.487 e. The summed E-state index contributed by atoms with van der Waals surface area (Å²) in [5.41, 5.74) is 1.80. The number of benzene rings is 2. The molecule has 2 aromatic carbocycles. The van der Waals surface area contributed by atoms with Crippen LogP contribution in [0.15, 0.2) is 48.5 Å². The maximum Gasteiger partial charge on any atom is 0.270 e. The number of hydrogen-bond acceptors (Lipinski definition) is 6. The van der Waals surface area contributed by atoms with Crippen LogP contribution in [-0.4, -0.2) is 23.6 Å². The van der Waals surface area contributed by atoms with Gasteiger partial charge in [0.05, 0.1) is 10.6 Å². The summed E-state index contributed by atoms with van der Waals surface area (Å²) < 4.78 is 17.1. The zero-order chi connectivity index (χ0) is 17.5. The summed E-state index contributed by atoms with van der Waals surface area (Å²) in [6.07, 6.45) is -0.714. The minimum absolute atomic E-state index is 0.167. The minimum atomic E-state index is -0.714. The highest BCUT2D eigenvalue weighted by atomic mass is 32.1. The molecular weight excluding hydrogens is 352 g/mol. The molecule has 3 heterocycles. The number of anilines is 1. The summed E-state index contributed by atoms with van der Waals surface area (Å²) in [6, 6.07) is 15.1. The number of ether oxygens (including phenoxy) is 3. The molecule has 2 aliphatic rings. The third kappa shape index (κ3) is 2.57. The topological polar surface area (TPSA) is 69.7 Å². The van der Waals surface area contributed by atoms with E-state index in [1.54, 1.807) is 6.07 Å². The smallest absolute Gasteiger partial charge is 0.270 e. The molecule has 0 bridgehead atoms. The first-order chi connectivity index (χ1) is 12.8. The third-order valence-electron chi connectivity index (χ3n) is 4.23. The lowest BCUT2D eigenvalue weighted by molar-refractivity contribution is -0.125. The van der Waals surface area contributed by atoms with Gasteiger partial charge in [0.2, 0.25) is 6.10 Å². The van der Waals surface area contributed by atoms with E-state index in [1.165, 1.54) is 11.3 Å². The van der Waals surface area contributed by atoms with Gasteiger partial charge in [0.25, 0.3) is 5.91 Å². The highest BCUT2D eigenvalue weighted by Crippen LogP contribution is 2.40. The summed E-state index contributed by atoms with van der Waals surface area (Å²) in [6.45, 7) is 0.621. The molecule has 6 nitrogen and oxygen atoms in total. The van der Waals surface area contributed by atoms with Crippen LogP contribution in [0.5, 0.6) is 17.2 Å². The van der Waals surface area contributed by atoms with E-state index >= 15 is 0 Å². The molecule has 3 aromatic rings. The molecular formula is C19H14N2O4S. The lowest BCUT2D eigenvalue weighted by Crippen LogP contribution is -2.40. The van der Waals surface area contributed by atoms with E-state index in [1.807, 2.05) is 42.5 Å². The Morgan fingerprint density at radius 1 is 1.04 bits per heavy atom. The molecule has 0 radical (unpaired) electrons. The standard InChI is InChI=1S/C19H14N2O4S/c22-18(15-9-23-13-7-3-4-8-14(13)25-15)21-19-20-17-11-5-1-2-6-12(11)24-10-16(17)26-19/h1-8,15H,9-10H2,(H,20,21,22). The lowest BCUT2D eigenvalue weighted by Gasteiger charge is -2.25. The van der Waals surface area contributed by atoms with Crippen LogP contribution in [0.25, 0.3) is 11.3 Å². The number of carbonyl (C=O) groups is 1. The van der Waals surface area contributed by atoms with Gasteiger partial charge in [0.15, 0.2) is 16.6 Å². The number of aromatic nitrogens is 1. The Balaban J connectivity index is 1.35. The number of para-hydroxylation sites is 3. The third-order valence-corrected chi connectivity index (χ3v) is 5.17. The van der Waals surface area contributed by atoms with Gasteiger partial charge in [-0.1, -0.05) is 35.6 Å². The average Bonchev–Trinajstić information content (AvgIpc) is 3.10. The van der Waals surface area contributed by atoms with Crippen molar-refractivity contribution < 1.29 is 19.0 Å². The normalized spacial score (nSPS) is 16.8. The van der Waals surface area contributed by atoms with Crippen molar-refractivity contribution in [1.82, 2.24) is 4.98 Å². The molecule has 1 N–H and O–H groups in total. The second-order valence-corrected chi connectivity index (χ2v) is 7.01. The van der Waals surface area contributed by atoms with Gasteiger partial charge in [-0.3, -0.25) is 10.1 Å². The van der Waals surface area contributed by atoms with Gasteiger partial charge >= 0.3 is 0 Å². The summed E-state index contributed by atoms with van der Waals surface area (Å²) in [5, 5.41) is 3.37. The quantitative estimate of drug-likeness (QED) is 0.752. The van der Waals surface area contributed by atoms with E-state index in [0.717, 1.165) is 21.9 Å². The van der Waals surface area contributed by atoms with Gasteiger partial charge in [0, 0.05) is 5.56 Å². The molecule has 0 spiro atoms. The highest BCUT2D eigenvalue weighted by molar-refractivity contribution is 7.16. The largest absolute Gasteiger partial charge is 0.487 e. The molecule has 2 aliphatic heterocycles. The molecule has 7 heteroatoms. The average molecular weight is 366 g/mol. The first-order valence-electron chi connectivity index (χ1n) is 8.19. The second-order valence-electron chi connectivity index (χ2n) is 5.93. The van der Waals surface area contributed by atoms with Crippen molar-refractivity contribution in [2.75, 3.05) is 11.9 Å². The fraction of sp³-hybridized carbons (Fsp3) is 0.158. The van der Waals surface area contributed by atoms with Crippen LogP contribution >= 0.6 is 11.3 Å². The molecule has 26 heavy (non-hydrogen) atoms. The van der Waals surface area contributed by atoms with Crippen molar-refractivity contribution in [3.05, 3.63) is 53.4 Å². The van der Waals surface area contributed by atoms with Crippen LogP contribution in [0.3, 0.4) is 0 Å². The Labute approximate surface area is 153 Å². The number of carbonyl (C=O) groups excluding carboxylic acids is 1. The van der Waals surface area contributed by atoms with Crippen molar-refractivity contribution >= 4 is 22.4 Å². The predicted octanol–water partition coefficient (Wildman–Crippen LogP) is 3.48. The van der Waals surface area contributed by atoms with Crippen molar-refractivity contribution in [2.45, 2.75) is 12.7 Å². The summed E-state index contributed by atoms with van der Waals surface area (Å²) in [5.74, 6) is 1.75.